The quantitative estimate of drug-likeness (QED) is 0.555. The highest BCUT2D eigenvalue weighted by atomic mass is 32.1. The molecule has 3 heterocycles. The largest absolute Gasteiger partial charge is 0.506 e. The summed E-state index contributed by atoms with van der Waals surface area (Å²) in [5, 5.41) is 10.6. The molecule has 0 bridgehead atoms. The Labute approximate surface area is 151 Å². The van der Waals surface area contributed by atoms with E-state index in [-0.39, 0.29) is 5.75 Å². The van der Waals surface area contributed by atoms with E-state index in [9.17, 15) is 14.3 Å². The fourth-order valence-corrected chi connectivity index (χ4v) is 4.08. The van der Waals surface area contributed by atoms with Crippen molar-refractivity contribution in [2.45, 2.75) is 13.1 Å². The molecule has 132 valence electrons. The van der Waals surface area contributed by atoms with Crippen molar-refractivity contribution in [1.82, 2.24) is 9.97 Å². The number of aromatic amines is 1. The van der Waals surface area contributed by atoms with Crippen LogP contribution in [0, 0.1) is 0 Å². The van der Waals surface area contributed by atoms with Gasteiger partial charge >= 0.3 is 0 Å². The molecular weight excluding hydrogens is 355 g/mol. The molecule has 3 aromatic heterocycles. The Kier molecular flexibility index (Phi) is 3.88. The lowest BCUT2D eigenvalue weighted by atomic mass is 10.0. The van der Waals surface area contributed by atoms with Crippen LogP contribution >= 0.6 is 11.3 Å². The van der Waals surface area contributed by atoms with Gasteiger partial charge in [0.2, 0.25) is 0 Å². The van der Waals surface area contributed by atoms with Crippen molar-refractivity contribution in [3.8, 4) is 22.8 Å². The SMILES string of the molecule is COc1ccc(-c2cc(C(C)F)c3c(n2)sc2c(O)cc(=O)[nH]c23)cc1. The fraction of sp³-hybridized carbons (Fsp3) is 0.158. The lowest BCUT2D eigenvalue weighted by molar-refractivity contribution is 0.377. The molecule has 4 rings (SSSR count). The molecule has 0 amide bonds. The highest BCUT2D eigenvalue weighted by Crippen LogP contribution is 2.41. The maximum atomic E-state index is 14.4. The highest BCUT2D eigenvalue weighted by Gasteiger charge is 2.19. The number of hydrogen-bond acceptors (Lipinski definition) is 5. The molecule has 4 aromatic rings. The summed E-state index contributed by atoms with van der Waals surface area (Å²) in [7, 11) is 1.59. The molecule has 26 heavy (non-hydrogen) atoms. The van der Waals surface area contributed by atoms with Crippen LogP contribution in [0.1, 0.15) is 18.7 Å². The zero-order valence-corrected chi connectivity index (χ0v) is 14.9. The lowest BCUT2D eigenvalue weighted by Crippen LogP contribution is -2.02. The highest BCUT2D eigenvalue weighted by molar-refractivity contribution is 7.25. The second-order valence-electron chi connectivity index (χ2n) is 5.95. The number of hydrogen-bond donors (Lipinski definition) is 2. The van der Waals surface area contributed by atoms with Crippen LogP contribution in [-0.2, 0) is 0 Å². The van der Waals surface area contributed by atoms with Crippen LogP contribution in [0.2, 0.25) is 0 Å². The third-order valence-electron chi connectivity index (χ3n) is 4.26. The minimum Gasteiger partial charge on any atom is -0.506 e. The summed E-state index contributed by atoms with van der Waals surface area (Å²) in [6, 6.07) is 10.1. The molecule has 1 aromatic carbocycles. The third-order valence-corrected chi connectivity index (χ3v) is 5.36. The number of rotatable bonds is 3. The number of halogens is 1. The Morgan fingerprint density at radius 1 is 1.27 bits per heavy atom. The van der Waals surface area contributed by atoms with Gasteiger partial charge in [-0.05, 0) is 37.3 Å². The van der Waals surface area contributed by atoms with Gasteiger partial charge in [0, 0.05) is 22.6 Å². The minimum absolute atomic E-state index is 0.129. The van der Waals surface area contributed by atoms with Crippen LogP contribution in [0.4, 0.5) is 4.39 Å². The van der Waals surface area contributed by atoms with Crippen molar-refractivity contribution in [2.24, 2.45) is 0 Å². The summed E-state index contributed by atoms with van der Waals surface area (Å²) in [4.78, 5) is 19.6. The molecule has 1 atom stereocenters. The topological polar surface area (TPSA) is 75.2 Å². The number of nitrogens with one attached hydrogen (secondary N) is 1. The maximum absolute atomic E-state index is 14.4. The molecule has 0 spiro atoms. The summed E-state index contributed by atoms with van der Waals surface area (Å²) in [5.74, 6) is 0.591. The maximum Gasteiger partial charge on any atom is 0.252 e. The average molecular weight is 370 g/mol. The molecule has 7 heteroatoms. The van der Waals surface area contributed by atoms with E-state index in [1.165, 1.54) is 18.3 Å². The van der Waals surface area contributed by atoms with E-state index in [1.807, 2.05) is 24.3 Å². The Hall–Kier alpha value is -2.93. The zero-order chi connectivity index (χ0) is 18.4. The predicted molar refractivity (Wildman–Crippen MR) is 101 cm³/mol. The van der Waals surface area contributed by atoms with Crippen molar-refractivity contribution in [3.63, 3.8) is 0 Å². The third kappa shape index (κ3) is 2.61. The molecule has 0 saturated carbocycles. The standard InChI is InChI=1S/C19H15FN2O3S/c1-9(20)12-7-13(10-3-5-11(25-2)6-4-10)21-19-16(12)17-18(26-19)14(23)8-15(24)22-17/h3-9H,1-2H3,(H2,22,23,24). The first-order valence-electron chi connectivity index (χ1n) is 7.96. The van der Waals surface area contributed by atoms with Gasteiger partial charge in [-0.1, -0.05) is 0 Å². The van der Waals surface area contributed by atoms with Crippen molar-refractivity contribution >= 4 is 31.8 Å². The Morgan fingerprint density at radius 2 is 2.00 bits per heavy atom. The van der Waals surface area contributed by atoms with Crippen molar-refractivity contribution in [3.05, 3.63) is 52.3 Å². The minimum atomic E-state index is -1.26. The molecular formula is C19H15FN2O3S. The number of aromatic hydroxyl groups is 1. The van der Waals surface area contributed by atoms with E-state index in [4.69, 9.17) is 4.74 Å². The number of thiophene rings is 1. The second-order valence-corrected chi connectivity index (χ2v) is 6.95. The second kappa shape index (κ2) is 6.10. The number of nitrogens with zero attached hydrogens (tertiary/aromatic N) is 1. The van der Waals surface area contributed by atoms with E-state index < -0.39 is 11.7 Å². The number of pyridine rings is 2. The van der Waals surface area contributed by atoms with Gasteiger partial charge in [0.15, 0.2) is 0 Å². The van der Waals surface area contributed by atoms with Gasteiger partial charge in [0.1, 0.15) is 22.5 Å². The fourth-order valence-electron chi connectivity index (χ4n) is 3.00. The number of H-pyrrole nitrogens is 1. The van der Waals surface area contributed by atoms with Crippen molar-refractivity contribution in [1.29, 1.82) is 0 Å². The van der Waals surface area contributed by atoms with E-state index >= 15 is 0 Å². The smallest absolute Gasteiger partial charge is 0.252 e. The van der Waals surface area contributed by atoms with Gasteiger partial charge in [-0.15, -0.1) is 11.3 Å². The number of aromatic nitrogens is 2. The first-order valence-corrected chi connectivity index (χ1v) is 8.77. The van der Waals surface area contributed by atoms with Crippen LogP contribution in [-0.4, -0.2) is 22.2 Å². The van der Waals surface area contributed by atoms with Crippen LogP contribution in [0.5, 0.6) is 11.5 Å². The van der Waals surface area contributed by atoms with Crippen LogP contribution in [0.25, 0.3) is 31.7 Å². The molecule has 0 aliphatic heterocycles. The van der Waals surface area contributed by atoms with E-state index in [2.05, 4.69) is 9.97 Å². The van der Waals surface area contributed by atoms with Gasteiger partial charge in [-0.25, -0.2) is 9.37 Å². The van der Waals surface area contributed by atoms with Crippen molar-refractivity contribution in [2.75, 3.05) is 7.11 Å². The molecule has 0 radical (unpaired) electrons. The predicted octanol–water partition coefficient (Wildman–Crippen LogP) is 4.55. The van der Waals surface area contributed by atoms with Gasteiger partial charge in [-0.3, -0.25) is 4.79 Å². The molecule has 0 saturated heterocycles. The van der Waals surface area contributed by atoms with Gasteiger partial charge in [0.25, 0.3) is 5.56 Å². The summed E-state index contributed by atoms with van der Waals surface area (Å²) >= 11 is 1.22. The first kappa shape index (κ1) is 16.5. The summed E-state index contributed by atoms with van der Waals surface area (Å²) < 4.78 is 20.0. The van der Waals surface area contributed by atoms with Gasteiger partial charge in [0.05, 0.1) is 23.0 Å². The number of fused-ring (bicyclic) bond motifs is 3. The number of alkyl halides is 1. The average Bonchev–Trinajstić information content (AvgIpc) is 3.00. The molecule has 0 aliphatic carbocycles. The summed E-state index contributed by atoms with van der Waals surface area (Å²) in [6.07, 6.45) is -1.26. The van der Waals surface area contributed by atoms with Crippen LogP contribution in [0.3, 0.4) is 0 Å². The Morgan fingerprint density at radius 3 is 2.65 bits per heavy atom. The summed E-state index contributed by atoms with van der Waals surface area (Å²) in [5.41, 5.74) is 1.85. The van der Waals surface area contributed by atoms with Crippen molar-refractivity contribution < 1.29 is 14.2 Å². The van der Waals surface area contributed by atoms with Gasteiger partial charge < -0.3 is 14.8 Å². The molecule has 1 unspecified atom stereocenters. The molecule has 0 aliphatic rings. The number of benzene rings is 1. The number of methoxy groups -OCH3 is 1. The van der Waals surface area contributed by atoms with E-state index in [1.54, 1.807) is 13.2 Å². The first-order chi connectivity index (χ1) is 12.5. The molecule has 5 nitrogen and oxygen atoms in total. The van der Waals surface area contributed by atoms with E-state index in [0.717, 1.165) is 17.4 Å². The monoisotopic (exact) mass is 370 g/mol. The lowest BCUT2D eigenvalue weighted by Gasteiger charge is -2.09. The Balaban J connectivity index is 2.04. The normalized spacial score (nSPS) is 12.6. The molecule has 2 N–H and O–H groups in total. The van der Waals surface area contributed by atoms with Gasteiger partial charge in [-0.2, -0.15) is 0 Å². The Bertz CT molecular complexity index is 1180. The zero-order valence-electron chi connectivity index (χ0n) is 14.0. The summed E-state index contributed by atoms with van der Waals surface area (Å²) in [6.45, 7) is 1.44. The van der Waals surface area contributed by atoms with Crippen LogP contribution in [0.15, 0.2) is 41.2 Å². The van der Waals surface area contributed by atoms with Crippen LogP contribution < -0.4 is 10.3 Å². The molecule has 0 fully saturated rings. The van der Waals surface area contributed by atoms with E-state index in [0.29, 0.717) is 31.7 Å². The number of ether oxygens (including phenoxy) is 1.